The maximum absolute atomic E-state index is 12.8. The summed E-state index contributed by atoms with van der Waals surface area (Å²) in [5.74, 6) is -0.344. The van der Waals surface area contributed by atoms with Crippen molar-refractivity contribution >= 4 is 11.8 Å². The minimum absolute atomic E-state index is 0.0204. The van der Waals surface area contributed by atoms with E-state index in [1.807, 2.05) is 6.92 Å². The highest BCUT2D eigenvalue weighted by molar-refractivity contribution is 5.95. The van der Waals surface area contributed by atoms with Crippen molar-refractivity contribution in [3.8, 4) is 0 Å². The molecule has 0 amide bonds. The summed E-state index contributed by atoms with van der Waals surface area (Å²) < 4.78 is 17.9. The van der Waals surface area contributed by atoms with Crippen LogP contribution in [0.5, 0.6) is 0 Å². The van der Waals surface area contributed by atoms with Crippen molar-refractivity contribution < 1.29 is 18.7 Å². The predicted molar refractivity (Wildman–Crippen MR) is 85.8 cm³/mol. The van der Waals surface area contributed by atoms with Crippen LogP contribution in [0.2, 0.25) is 0 Å². The summed E-state index contributed by atoms with van der Waals surface area (Å²) in [5.41, 5.74) is 0.562. The second kappa shape index (κ2) is 8.77. The first-order valence-corrected chi connectivity index (χ1v) is 8.28. The summed E-state index contributed by atoms with van der Waals surface area (Å²) in [6.07, 6.45) is 2.89. The molecule has 0 N–H and O–H groups in total. The molecule has 126 valence electrons. The Morgan fingerprint density at radius 2 is 1.87 bits per heavy atom. The van der Waals surface area contributed by atoms with E-state index >= 15 is 0 Å². The van der Waals surface area contributed by atoms with Crippen molar-refractivity contribution in [2.45, 2.75) is 32.6 Å². The molecule has 23 heavy (non-hydrogen) atoms. The van der Waals surface area contributed by atoms with Gasteiger partial charge in [0.1, 0.15) is 5.82 Å². The fourth-order valence-electron chi connectivity index (χ4n) is 2.90. The highest BCUT2D eigenvalue weighted by atomic mass is 19.1. The Morgan fingerprint density at radius 1 is 1.22 bits per heavy atom. The van der Waals surface area contributed by atoms with Crippen LogP contribution in [0.25, 0.3) is 0 Å². The Labute approximate surface area is 136 Å². The average Bonchev–Trinajstić information content (AvgIpc) is 2.56. The molecule has 5 heteroatoms. The highest BCUT2D eigenvalue weighted by Crippen LogP contribution is 2.19. The van der Waals surface area contributed by atoms with Crippen LogP contribution in [-0.2, 0) is 9.53 Å². The lowest BCUT2D eigenvalue weighted by Gasteiger charge is -2.30. The molecule has 0 bridgehead atoms. The number of piperidine rings is 1. The van der Waals surface area contributed by atoms with Crippen molar-refractivity contribution in [2.24, 2.45) is 5.92 Å². The molecule has 4 nitrogen and oxygen atoms in total. The summed E-state index contributed by atoms with van der Waals surface area (Å²) >= 11 is 0. The highest BCUT2D eigenvalue weighted by Gasteiger charge is 2.25. The number of hydrogen-bond donors (Lipinski definition) is 0. The number of ether oxygens (including phenoxy) is 1. The van der Waals surface area contributed by atoms with Crippen LogP contribution in [0.1, 0.15) is 43.0 Å². The van der Waals surface area contributed by atoms with E-state index in [1.165, 1.54) is 24.3 Å². The standard InChI is InChI=1S/C18H24FNO3/c1-2-23-18(22)15-9-12-20(13-10-15)11-3-4-17(21)14-5-7-16(19)8-6-14/h5-8,15H,2-4,9-13H2,1H3. The minimum atomic E-state index is -0.328. The number of halogens is 1. The van der Waals surface area contributed by atoms with Gasteiger partial charge in [0.2, 0.25) is 0 Å². The van der Waals surface area contributed by atoms with Crippen molar-refractivity contribution in [1.29, 1.82) is 0 Å². The maximum Gasteiger partial charge on any atom is 0.309 e. The molecule has 1 aliphatic heterocycles. The van der Waals surface area contributed by atoms with E-state index in [0.717, 1.165) is 38.9 Å². The molecule has 0 aromatic heterocycles. The molecule has 0 atom stereocenters. The zero-order valence-electron chi connectivity index (χ0n) is 13.6. The Kier molecular flexibility index (Phi) is 6.71. The lowest BCUT2D eigenvalue weighted by atomic mass is 9.96. The topological polar surface area (TPSA) is 46.6 Å². The van der Waals surface area contributed by atoms with E-state index < -0.39 is 0 Å². The lowest BCUT2D eigenvalue weighted by molar-refractivity contribution is -0.149. The maximum atomic E-state index is 12.8. The Morgan fingerprint density at radius 3 is 2.48 bits per heavy atom. The first kappa shape index (κ1) is 17.6. The third-order valence-electron chi connectivity index (χ3n) is 4.25. The van der Waals surface area contributed by atoms with Gasteiger partial charge in [-0.2, -0.15) is 0 Å². The molecule has 0 spiro atoms. The zero-order chi connectivity index (χ0) is 16.7. The first-order chi connectivity index (χ1) is 11.1. The van der Waals surface area contributed by atoms with Crippen LogP contribution >= 0.6 is 0 Å². The monoisotopic (exact) mass is 321 g/mol. The Hall–Kier alpha value is -1.75. The average molecular weight is 321 g/mol. The first-order valence-electron chi connectivity index (χ1n) is 8.28. The van der Waals surface area contributed by atoms with E-state index in [0.29, 0.717) is 18.6 Å². The van der Waals surface area contributed by atoms with Crippen LogP contribution in [0.3, 0.4) is 0 Å². The summed E-state index contributed by atoms with van der Waals surface area (Å²) in [5, 5.41) is 0. The van der Waals surface area contributed by atoms with Gasteiger partial charge in [-0.1, -0.05) is 0 Å². The summed E-state index contributed by atoms with van der Waals surface area (Å²) in [4.78, 5) is 26.0. The number of Topliss-reactive ketones (excluding diaryl/α,β-unsaturated/α-hetero) is 1. The molecule has 0 aliphatic carbocycles. The van der Waals surface area contributed by atoms with Crippen molar-refractivity contribution in [2.75, 3.05) is 26.2 Å². The molecule has 0 saturated carbocycles. The fraction of sp³-hybridized carbons (Fsp3) is 0.556. The van der Waals surface area contributed by atoms with Crippen molar-refractivity contribution in [1.82, 2.24) is 4.90 Å². The number of carbonyl (C=O) groups excluding carboxylic acids is 2. The predicted octanol–water partition coefficient (Wildman–Crippen LogP) is 3.06. The third-order valence-corrected chi connectivity index (χ3v) is 4.25. The van der Waals surface area contributed by atoms with Gasteiger partial charge in [-0.3, -0.25) is 9.59 Å². The van der Waals surface area contributed by atoms with Gasteiger partial charge in [0, 0.05) is 12.0 Å². The quantitative estimate of drug-likeness (QED) is 0.572. The number of likely N-dealkylation sites (tertiary alicyclic amines) is 1. The van der Waals surface area contributed by atoms with E-state index in [-0.39, 0.29) is 23.5 Å². The number of benzene rings is 1. The molecule has 2 rings (SSSR count). The van der Waals surface area contributed by atoms with Gasteiger partial charge in [-0.25, -0.2) is 4.39 Å². The lowest BCUT2D eigenvalue weighted by Crippen LogP contribution is -2.37. The normalized spacial score (nSPS) is 16.3. The number of hydrogen-bond acceptors (Lipinski definition) is 4. The SMILES string of the molecule is CCOC(=O)C1CCN(CCCC(=O)c2ccc(F)cc2)CC1. The number of nitrogens with zero attached hydrogens (tertiary/aromatic N) is 1. The van der Waals surface area contributed by atoms with Gasteiger partial charge in [-0.05, 0) is 70.1 Å². The van der Waals surface area contributed by atoms with Crippen LogP contribution in [0.15, 0.2) is 24.3 Å². The number of ketones is 1. The summed E-state index contributed by atoms with van der Waals surface area (Å²) in [6.45, 7) is 4.85. The van der Waals surface area contributed by atoms with E-state index in [4.69, 9.17) is 4.74 Å². The van der Waals surface area contributed by atoms with Gasteiger partial charge < -0.3 is 9.64 Å². The van der Waals surface area contributed by atoms with Gasteiger partial charge in [-0.15, -0.1) is 0 Å². The molecule has 1 saturated heterocycles. The molecular weight excluding hydrogens is 297 g/mol. The number of carbonyl (C=O) groups is 2. The van der Waals surface area contributed by atoms with E-state index in [2.05, 4.69) is 4.90 Å². The van der Waals surface area contributed by atoms with Gasteiger partial charge >= 0.3 is 5.97 Å². The molecule has 0 unspecified atom stereocenters. The number of esters is 1. The van der Waals surface area contributed by atoms with Crippen LogP contribution in [0.4, 0.5) is 4.39 Å². The Bertz CT molecular complexity index is 522. The summed E-state index contributed by atoms with van der Waals surface area (Å²) in [7, 11) is 0. The van der Waals surface area contributed by atoms with E-state index in [1.54, 1.807) is 0 Å². The second-order valence-corrected chi connectivity index (χ2v) is 5.90. The molecule has 1 aromatic rings. The van der Waals surface area contributed by atoms with Crippen LogP contribution < -0.4 is 0 Å². The molecule has 1 fully saturated rings. The van der Waals surface area contributed by atoms with Gasteiger partial charge in [0.25, 0.3) is 0 Å². The van der Waals surface area contributed by atoms with Crippen molar-refractivity contribution in [3.05, 3.63) is 35.6 Å². The largest absolute Gasteiger partial charge is 0.466 e. The molecule has 1 heterocycles. The number of rotatable bonds is 7. The molecule has 1 aromatic carbocycles. The third kappa shape index (κ3) is 5.43. The van der Waals surface area contributed by atoms with Gasteiger partial charge in [0.05, 0.1) is 12.5 Å². The summed E-state index contributed by atoms with van der Waals surface area (Å²) in [6, 6.07) is 5.69. The van der Waals surface area contributed by atoms with E-state index in [9.17, 15) is 14.0 Å². The molecule has 1 aliphatic rings. The minimum Gasteiger partial charge on any atom is -0.466 e. The zero-order valence-corrected chi connectivity index (χ0v) is 13.6. The Balaban J connectivity index is 1.66. The second-order valence-electron chi connectivity index (χ2n) is 5.90. The van der Waals surface area contributed by atoms with Crippen LogP contribution in [-0.4, -0.2) is 42.9 Å². The molecular formula is C18H24FNO3. The molecule has 0 radical (unpaired) electrons. The fourth-order valence-corrected chi connectivity index (χ4v) is 2.90. The smallest absolute Gasteiger partial charge is 0.309 e. The van der Waals surface area contributed by atoms with Crippen molar-refractivity contribution in [3.63, 3.8) is 0 Å². The van der Waals surface area contributed by atoms with Gasteiger partial charge in [0.15, 0.2) is 5.78 Å². The van der Waals surface area contributed by atoms with Crippen LogP contribution in [0, 0.1) is 11.7 Å².